The summed E-state index contributed by atoms with van der Waals surface area (Å²) < 4.78 is 5.60. The first kappa shape index (κ1) is 12.5. The number of anilines is 1. The second-order valence-electron chi connectivity index (χ2n) is 4.38. The predicted octanol–water partition coefficient (Wildman–Crippen LogP) is 1.39. The van der Waals surface area contributed by atoms with Crippen LogP contribution in [0, 0.1) is 0 Å². The summed E-state index contributed by atoms with van der Waals surface area (Å²) in [6.07, 6.45) is -0.212. The maximum Gasteiger partial charge on any atom is 0.249 e. The lowest BCUT2D eigenvalue weighted by Crippen LogP contribution is -2.13. The first-order chi connectivity index (χ1) is 8.47. The summed E-state index contributed by atoms with van der Waals surface area (Å²) in [5.74, 6) is 0.806. The van der Waals surface area contributed by atoms with Gasteiger partial charge in [-0.25, -0.2) is 9.97 Å². The summed E-state index contributed by atoms with van der Waals surface area (Å²) >= 11 is 0. The average Bonchev–Trinajstić information content (AvgIpc) is 2.27. The van der Waals surface area contributed by atoms with E-state index in [0.717, 1.165) is 0 Å². The Morgan fingerprint density at radius 1 is 1.28 bits per heavy atom. The van der Waals surface area contributed by atoms with Gasteiger partial charge in [0.2, 0.25) is 5.56 Å². The largest absolute Gasteiger partial charge is 0.383 e. The zero-order valence-corrected chi connectivity index (χ0v) is 10.6. The van der Waals surface area contributed by atoms with Gasteiger partial charge < -0.3 is 15.5 Å². The lowest BCUT2D eigenvalue weighted by atomic mass is 10.3. The van der Waals surface area contributed by atoms with Crippen molar-refractivity contribution in [3.63, 3.8) is 0 Å². The molecule has 0 amide bonds. The van der Waals surface area contributed by atoms with Crippen molar-refractivity contribution < 1.29 is 4.74 Å². The van der Waals surface area contributed by atoms with Gasteiger partial charge in [0.25, 0.3) is 0 Å². The molecule has 1 atom stereocenters. The normalized spacial score (nSPS) is 13.1. The third-order valence-corrected chi connectivity index (χ3v) is 2.48. The van der Waals surface area contributed by atoms with Crippen LogP contribution in [-0.2, 0) is 4.74 Å². The van der Waals surface area contributed by atoms with Gasteiger partial charge in [0, 0.05) is 6.07 Å². The number of hydrogen-bond donors (Lipinski definition) is 2. The Balaban J connectivity index is 2.50. The summed E-state index contributed by atoms with van der Waals surface area (Å²) in [5, 5.41) is 0.634. The highest BCUT2D eigenvalue weighted by atomic mass is 16.5. The Hall–Kier alpha value is -1.95. The molecule has 1 unspecified atom stereocenters. The van der Waals surface area contributed by atoms with Crippen LogP contribution >= 0.6 is 0 Å². The van der Waals surface area contributed by atoms with E-state index in [4.69, 9.17) is 10.5 Å². The van der Waals surface area contributed by atoms with Crippen LogP contribution in [0.1, 0.15) is 32.7 Å². The van der Waals surface area contributed by atoms with E-state index in [9.17, 15) is 4.79 Å². The molecule has 0 aromatic carbocycles. The molecule has 0 radical (unpaired) electrons. The number of nitrogens with two attached hydrogens (primary N) is 1. The first-order valence-electron chi connectivity index (χ1n) is 5.79. The number of ether oxygens (including phenoxy) is 1. The summed E-state index contributed by atoms with van der Waals surface area (Å²) in [6, 6.07) is 3.01. The molecule has 3 N–H and O–H groups in total. The van der Waals surface area contributed by atoms with Crippen molar-refractivity contribution in [1.29, 1.82) is 0 Å². The molecular weight excluding hydrogens is 232 g/mol. The van der Waals surface area contributed by atoms with Gasteiger partial charge in [-0.2, -0.15) is 0 Å². The van der Waals surface area contributed by atoms with E-state index in [1.165, 1.54) is 6.07 Å². The molecule has 0 spiro atoms. The minimum Gasteiger partial charge on any atom is -0.383 e. The van der Waals surface area contributed by atoms with Crippen molar-refractivity contribution in [1.82, 2.24) is 15.0 Å². The highest BCUT2D eigenvalue weighted by Gasteiger charge is 2.14. The van der Waals surface area contributed by atoms with Crippen LogP contribution in [0.25, 0.3) is 11.0 Å². The van der Waals surface area contributed by atoms with Crippen LogP contribution in [0.2, 0.25) is 0 Å². The van der Waals surface area contributed by atoms with E-state index in [2.05, 4.69) is 15.0 Å². The van der Waals surface area contributed by atoms with Crippen LogP contribution in [0.3, 0.4) is 0 Å². The number of aromatic amines is 1. The SMILES string of the molecule is CC(C)OC(C)c1nc(N)c2ccc(=O)[nH]c2n1. The number of fused-ring (bicyclic) bond motifs is 1. The van der Waals surface area contributed by atoms with Crippen LogP contribution in [-0.4, -0.2) is 21.1 Å². The highest BCUT2D eigenvalue weighted by molar-refractivity contribution is 5.84. The number of H-pyrrole nitrogens is 1. The molecule has 0 saturated heterocycles. The Morgan fingerprint density at radius 3 is 2.67 bits per heavy atom. The van der Waals surface area contributed by atoms with E-state index >= 15 is 0 Å². The fourth-order valence-corrected chi connectivity index (χ4v) is 1.73. The molecule has 2 rings (SSSR count). The summed E-state index contributed by atoms with van der Waals surface area (Å²) in [5.41, 5.74) is 6.06. The van der Waals surface area contributed by atoms with Crippen molar-refractivity contribution in [2.75, 3.05) is 5.73 Å². The molecule has 18 heavy (non-hydrogen) atoms. The Morgan fingerprint density at radius 2 is 2.00 bits per heavy atom. The van der Waals surface area contributed by atoms with Gasteiger partial charge in [-0.1, -0.05) is 0 Å². The Kier molecular flexibility index (Phi) is 3.29. The van der Waals surface area contributed by atoms with Crippen LogP contribution in [0.15, 0.2) is 16.9 Å². The van der Waals surface area contributed by atoms with E-state index in [0.29, 0.717) is 22.7 Å². The van der Waals surface area contributed by atoms with Gasteiger partial charge in [0.05, 0.1) is 11.5 Å². The van der Waals surface area contributed by atoms with Gasteiger partial charge in [-0.3, -0.25) is 4.79 Å². The fourth-order valence-electron chi connectivity index (χ4n) is 1.73. The molecule has 0 fully saturated rings. The number of nitrogens with zero attached hydrogens (tertiary/aromatic N) is 2. The predicted molar refractivity (Wildman–Crippen MR) is 69.2 cm³/mol. The van der Waals surface area contributed by atoms with E-state index in [-0.39, 0.29) is 17.8 Å². The smallest absolute Gasteiger partial charge is 0.249 e. The monoisotopic (exact) mass is 248 g/mol. The molecule has 2 aromatic rings. The number of nitrogen functional groups attached to an aromatic ring is 1. The van der Waals surface area contributed by atoms with Crippen molar-refractivity contribution in [3.05, 3.63) is 28.3 Å². The van der Waals surface area contributed by atoms with E-state index in [1.54, 1.807) is 6.07 Å². The second-order valence-corrected chi connectivity index (χ2v) is 4.38. The van der Waals surface area contributed by atoms with Gasteiger partial charge in [0.15, 0.2) is 5.82 Å². The number of rotatable bonds is 3. The molecule has 0 aliphatic carbocycles. The number of hydrogen-bond acceptors (Lipinski definition) is 5. The van der Waals surface area contributed by atoms with Crippen molar-refractivity contribution in [2.24, 2.45) is 0 Å². The van der Waals surface area contributed by atoms with Crippen LogP contribution < -0.4 is 11.3 Å². The highest BCUT2D eigenvalue weighted by Crippen LogP contribution is 2.20. The molecule has 0 saturated carbocycles. The molecule has 6 nitrogen and oxygen atoms in total. The lowest BCUT2D eigenvalue weighted by Gasteiger charge is -2.15. The first-order valence-corrected chi connectivity index (χ1v) is 5.79. The van der Waals surface area contributed by atoms with Gasteiger partial charge in [0.1, 0.15) is 17.6 Å². The molecule has 6 heteroatoms. The van der Waals surface area contributed by atoms with Crippen molar-refractivity contribution >= 4 is 16.9 Å². The lowest BCUT2D eigenvalue weighted by molar-refractivity contribution is 0.0131. The third kappa shape index (κ3) is 2.48. The van der Waals surface area contributed by atoms with Crippen molar-refractivity contribution in [3.8, 4) is 0 Å². The minimum atomic E-state index is -0.277. The maximum absolute atomic E-state index is 11.3. The quantitative estimate of drug-likeness (QED) is 0.855. The topological polar surface area (TPSA) is 93.9 Å². The molecule has 0 bridgehead atoms. The maximum atomic E-state index is 11.3. The molecule has 2 aromatic heterocycles. The molecule has 96 valence electrons. The minimum absolute atomic E-state index is 0.0651. The summed E-state index contributed by atoms with van der Waals surface area (Å²) in [7, 11) is 0. The number of aromatic nitrogens is 3. The van der Waals surface area contributed by atoms with E-state index in [1.807, 2.05) is 20.8 Å². The summed E-state index contributed by atoms with van der Waals surface area (Å²) in [6.45, 7) is 5.72. The van der Waals surface area contributed by atoms with Gasteiger partial charge >= 0.3 is 0 Å². The fraction of sp³-hybridized carbons (Fsp3) is 0.417. The van der Waals surface area contributed by atoms with E-state index < -0.39 is 0 Å². The van der Waals surface area contributed by atoms with Gasteiger partial charge in [-0.15, -0.1) is 0 Å². The molecule has 0 aliphatic rings. The molecule has 2 heterocycles. The standard InChI is InChI=1S/C12H16N4O2/c1-6(2)18-7(3)11-15-10(13)8-4-5-9(17)14-12(8)16-11/h4-7H,1-3H3,(H3,13,14,15,16,17). The molecule has 0 aliphatic heterocycles. The molecular formula is C12H16N4O2. The Labute approximate surface area is 104 Å². The Bertz CT molecular complexity index is 621. The van der Waals surface area contributed by atoms with Crippen LogP contribution in [0.4, 0.5) is 5.82 Å². The van der Waals surface area contributed by atoms with Crippen LogP contribution in [0.5, 0.6) is 0 Å². The van der Waals surface area contributed by atoms with Gasteiger partial charge in [-0.05, 0) is 26.8 Å². The average molecular weight is 248 g/mol. The zero-order valence-electron chi connectivity index (χ0n) is 10.6. The summed E-state index contributed by atoms with van der Waals surface area (Å²) in [4.78, 5) is 22.4. The zero-order chi connectivity index (χ0) is 13.3. The number of pyridine rings is 1. The van der Waals surface area contributed by atoms with Crippen molar-refractivity contribution in [2.45, 2.75) is 33.0 Å². The third-order valence-electron chi connectivity index (χ3n) is 2.48. The number of nitrogens with one attached hydrogen (secondary N) is 1. The second kappa shape index (κ2) is 4.73.